The van der Waals surface area contributed by atoms with Crippen molar-refractivity contribution in [3.05, 3.63) is 48.0 Å². The number of esters is 1. The number of carbonyl (C=O) groups excluding carboxylic acids is 1. The Morgan fingerprint density at radius 3 is 2.92 bits per heavy atom. The average molecular weight is 175 g/mol. The van der Waals surface area contributed by atoms with E-state index in [2.05, 4.69) is 12.6 Å². The van der Waals surface area contributed by atoms with Gasteiger partial charge < -0.3 is 4.74 Å². The third-order valence-corrected chi connectivity index (χ3v) is 1.48. The molecule has 0 amide bonds. The van der Waals surface area contributed by atoms with Crippen molar-refractivity contribution in [2.45, 2.75) is 13.5 Å². The van der Waals surface area contributed by atoms with Crippen LogP contribution in [0.4, 0.5) is 0 Å². The highest BCUT2D eigenvalue weighted by atomic mass is 16.5. The summed E-state index contributed by atoms with van der Waals surface area (Å²) in [5.41, 5.74) is 1.27. The minimum Gasteiger partial charge on any atom is -0.457 e. The van der Waals surface area contributed by atoms with Gasteiger partial charge in [0.05, 0.1) is 0 Å². The first-order valence-electron chi connectivity index (χ1n) is 3.98. The standard InChI is InChI=1S/C11H11O2/c1-9(2)11(12)13-8-10-6-4-3-5-7-10/h3-6H,1,8H2,2H3. The summed E-state index contributed by atoms with van der Waals surface area (Å²) in [6, 6.07) is 10.3. The molecule has 2 heteroatoms. The van der Waals surface area contributed by atoms with E-state index in [1.165, 1.54) is 0 Å². The highest BCUT2D eigenvalue weighted by molar-refractivity contribution is 5.86. The normalized spacial score (nSPS) is 9.31. The molecule has 0 saturated heterocycles. The number of benzene rings is 1. The lowest BCUT2D eigenvalue weighted by Gasteiger charge is -2.02. The maximum atomic E-state index is 11.0. The zero-order valence-electron chi connectivity index (χ0n) is 7.54. The van der Waals surface area contributed by atoms with E-state index >= 15 is 0 Å². The number of ether oxygens (including phenoxy) is 1. The van der Waals surface area contributed by atoms with Gasteiger partial charge in [0.2, 0.25) is 0 Å². The molecule has 2 nitrogen and oxygen atoms in total. The minimum atomic E-state index is -0.364. The van der Waals surface area contributed by atoms with Crippen LogP contribution in [0, 0.1) is 6.07 Å². The van der Waals surface area contributed by atoms with Crippen LogP contribution in [0.2, 0.25) is 0 Å². The minimum absolute atomic E-state index is 0.256. The van der Waals surface area contributed by atoms with Gasteiger partial charge in [0.25, 0.3) is 0 Å². The fraction of sp³-hybridized carbons (Fsp3) is 0.182. The Morgan fingerprint density at radius 1 is 1.62 bits per heavy atom. The van der Waals surface area contributed by atoms with Gasteiger partial charge in [0.15, 0.2) is 0 Å². The van der Waals surface area contributed by atoms with Gasteiger partial charge in [-0.15, -0.1) is 0 Å². The van der Waals surface area contributed by atoms with E-state index in [4.69, 9.17) is 4.74 Å². The van der Waals surface area contributed by atoms with Crippen molar-refractivity contribution in [3.63, 3.8) is 0 Å². The van der Waals surface area contributed by atoms with Crippen LogP contribution in [-0.2, 0) is 16.1 Å². The van der Waals surface area contributed by atoms with Crippen LogP contribution in [0.15, 0.2) is 36.4 Å². The highest BCUT2D eigenvalue weighted by Crippen LogP contribution is 2.01. The molecule has 0 fully saturated rings. The summed E-state index contributed by atoms with van der Waals surface area (Å²) < 4.78 is 4.92. The van der Waals surface area contributed by atoms with Crippen LogP contribution >= 0.6 is 0 Å². The van der Waals surface area contributed by atoms with Gasteiger partial charge in [-0.05, 0) is 18.6 Å². The van der Waals surface area contributed by atoms with Gasteiger partial charge in [-0.1, -0.05) is 30.8 Å². The SMILES string of the molecule is C=C(C)C(=O)OCc1[c]cccc1. The van der Waals surface area contributed by atoms with Gasteiger partial charge in [-0.25, -0.2) is 4.79 Å². The summed E-state index contributed by atoms with van der Waals surface area (Å²) in [6.07, 6.45) is 0. The molecule has 13 heavy (non-hydrogen) atoms. The van der Waals surface area contributed by atoms with Crippen molar-refractivity contribution in [2.24, 2.45) is 0 Å². The van der Waals surface area contributed by atoms with Crippen molar-refractivity contribution in [3.8, 4) is 0 Å². The van der Waals surface area contributed by atoms with E-state index in [1.807, 2.05) is 18.2 Å². The Balaban J connectivity index is 2.44. The molecule has 1 rings (SSSR count). The van der Waals surface area contributed by atoms with Crippen molar-refractivity contribution < 1.29 is 9.53 Å². The lowest BCUT2D eigenvalue weighted by atomic mass is 10.2. The van der Waals surface area contributed by atoms with Crippen LogP contribution in [0.1, 0.15) is 12.5 Å². The smallest absolute Gasteiger partial charge is 0.333 e. The summed E-state index contributed by atoms with van der Waals surface area (Å²) in [5, 5.41) is 0. The van der Waals surface area contributed by atoms with E-state index in [-0.39, 0.29) is 12.6 Å². The molecule has 0 aromatic heterocycles. The zero-order valence-corrected chi connectivity index (χ0v) is 7.54. The molecule has 0 unspecified atom stereocenters. The Kier molecular flexibility index (Phi) is 3.26. The Hall–Kier alpha value is -1.57. The largest absolute Gasteiger partial charge is 0.457 e. The predicted octanol–water partition coefficient (Wildman–Crippen LogP) is 2.11. The van der Waals surface area contributed by atoms with Gasteiger partial charge >= 0.3 is 5.97 Å². The second-order valence-electron chi connectivity index (χ2n) is 2.74. The van der Waals surface area contributed by atoms with Gasteiger partial charge in [0.1, 0.15) is 6.61 Å². The molecule has 1 radical (unpaired) electrons. The number of rotatable bonds is 3. The monoisotopic (exact) mass is 175 g/mol. The molecule has 1 aromatic rings. The zero-order chi connectivity index (χ0) is 9.68. The summed E-state index contributed by atoms with van der Waals surface area (Å²) in [4.78, 5) is 11.0. The van der Waals surface area contributed by atoms with Crippen LogP contribution in [0.5, 0.6) is 0 Å². The fourth-order valence-electron chi connectivity index (χ4n) is 0.787. The first-order chi connectivity index (χ1) is 6.20. The van der Waals surface area contributed by atoms with Crippen LogP contribution in [0.25, 0.3) is 0 Å². The summed E-state index contributed by atoms with van der Waals surface area (Å²) in [7, 11) is 0. The number of hydrogen-bond donors (Lipinski definition) is 0. The van der Waals surface area contributed by atoms with Crippen molar-refractivity contribution in [2.75, 3.05) is 0 Å². The molecule has 0 N–H and O–H groups in total. The van der Waals surface area contributed by atoms with E-state index < -0.39 is 0 Å². The molecule has 67 valence electrons. The Bertz CT molecular complexity index is 301. The molecule has 0 aliphatic rings. The van der Waals surface area contributed by atoms with Crippen LogP contribution in [0.3, 0.4) is 0 Å². The topological polar surface area (TPSA) is 26.3 Å². The van der Waals surface area contributed by atoms with Crippen molar-refractivity contribution in [1.29, 1.82) is 0 Å². The summed E-state index contributed by atoms with van der Waals surface area (Å²) >= 11 is 0. The molecular weight excluding hydrogens is 164 g/mol. The van der Waals surface area contributed by atoms with Gasteiger partial charge in [0, 0.05) is 5.57 Å². The molecule has 0 saturated carbocycles. The lowest BCUT2D eigenvalue weighted by molar-refractivity contribution is -0.140. The van der Waals surface area contributed by atoms with E-state index in [0.29, 0.717) is 5.57 Å². The maximum absolute atomic E-state index is 11.0. The van der Waals surface area contributed by atoms with E-state index in [9.17, 15) is 4.79 Å². The number of hydrogen-bond acceptors (Lipinski definition) is 2. The molecule has 0 spiro atoms. The van der Waals surface area contributed by atoms with Gasteiger partial charge in [-0.3, -0.25) is 0 Å². The third-order valence-electron chi connectivity index (χ3n) is 1.48. The average Bonchev–Trinajstić information content (AvgIpc) is 2.15. The van der Waals surface area contributed by atoms with Crippen molar-refractivity contribution in [1.82, 2.24) is 0 Å². The molecule has 0 atom stereocenters. The first kappa shape index (κ1) is 9.52. The van der Waals surface area contributed by atoms with E-state index in [1.54, 1.807) is 13.0 Å². The molecule has 0 bridgehead atoms. The second-order valence-corrected chi connectivity index (χ2v) is 2.74. The second kappa shape index (κ2) is 4.45. The Morgan fingerprint density at radius 2 is 2.38 bits per heavy atom. The summed E-state index contributed by atoms with van der Waals surface area (Å²) in [6.45, 7) is 5.36. The number of carbonyl (C=O) groups is 1. The molecular formula is C11H11O2. The predicted molar refractivity (Wildman–Crippen MR) is 49.9 cm³/mol. The summed E-state index contributed by atoms with van der Waals surface area (Å²) in [5.74, 6) is -0.364. The van der Waals surface area contributed by atoms with Crippen LogP contribution < -0.4 is 0 Å². The van der Waals surface area contributed by atoms with E-state index in [0.717, 1.165) is 5.56 Å². The highest BCUT2D eigenvalue weighted by Gasteiger charge is 2.02. The van der Waals surface area contributed by atoms with Crippen molar-refractivity contribution >= 4 is 5.97 Å². The quantitative estimate of drug-likeness (QED) is 0.519. The fourth-order valence-corrected chi connectivity index (χ4v) is 0.787. The molecule has 0 aliphatic heterocycles. The molecule has 0 aliphatic carbocycles. The maximum Gasteiger partial charge on any atom is 0.333 e. The lowest BCUT2D eigenvalue weighted by Crippen LogP contribution is -2.04. The van der Waals surface area contributed by atoms with Crippen LogP contribution in [-0.4, -0.2) is 5.97 Å². The molecule has 1 aromatic carbocycles. The first-order valence-corrected chi connectivity index (χ1v) is 3.98. The third kappa shape index (κ3) is 3.11. The Labute approximate surface area is 77.8 Å². The van der Waals surface area contributed by atoms with Gasteiger partial charge in [-0.2, -0.15) is 0 Å². The molecule has 0 heterocycles.